The topological polar surface area (TPSA) is 63.2 Å². The van der Waals surface area contributed by atoms with Gasteiger partial charge in [-0.3, -0.25) is 0 Å². The number of hydrogen-bond donors (Lipinski definition) is 3. The van der Waals surface area contributed by atoms with E-state index in [1.165, 1.54) is 0 Å². The molecule has 1 heterocycles. The van der Waals surface area contributed by atoms with Crippen LogP contribution in [0.5, 0.6) is 0 Å². The van der Waals surface area contributed by atoms with E-state index in [9.17, 15) is 5.11 Å². The lowest BCUT2D eigenvalue weighted by molar-refractivity contribution is 0.300. The van der Waals surface area contributed by atoms with Gasteiger partial charge < -0.3 is 20.7 Å². The number of benzene rings is 1. The van der Waals surface area contributed by atoms with E-state index in [0.29, 0.717) is 6.42 Å². The number of nitrogens with zero attached hydrogens (tertiary/aromatic N) is 1. The number of rotatable bonds is 4. The third kappa shape index (κ3) is 2.33. The highest BCUT2D eigenvalue weighted by Gasteiger charge is 2.11. The summed E-state index contributed by atoms with van der Waals surface area (Å²) >= 11 is 0. The minimum atomic E-state index is 0.123. The average Bonchev–Trinajstić information content (AvgIpc) is 2.77. The van der Waals surface area contributed by atoms with Gasteiger partial charge in [0.25, 0.3) is 0 Å². The van der Waals surface area contributed by atoms with Crippen molar-refractivity contribution >= 4 is 11.4 Å². The molecule has 0 spiro atoms. The Balaban J connectivity index is 2.60. The molecule has 0 aliphatic rings. The molecule has 96 valence electrons. The van der Waals surface area contributed by atoms with Crippen LogP contribution in [-0.4, -0.2) is 23.3 Å². The lowest BCUT2D eigenvalue weighted by Gasteiger charge is -2.14. The molecule has 0 aliphatic heterocycles. The molecule has 0 aliphatic carbocycles. The fraction of sp³-hybridized carbons (Fsp3) is 0.286. The summed E-state index contributed by atoms with van der Waals surface area (Å²) < 4.78 is 2.00. The second-order valence-electron chi connectivity index (χ2n) is 4.38. The molecule has 0 atom stereocenters. The Kier molecular flexibility index (Phi) is 3.58. The maximum absolute atomic E-state index is 9.22. The lowest BCUT2D eigenvalue weighted by Crippen LogP contribution is -2.02. The summed E-state index contributed by atoms with van der Waals surface area (Å²) in [5.41, 5.74) is 10.9. The summed E-state index contributed by atoms with van der Waals surface area (Å²) in [6.07, 6.45) is 4.66. The fourth-order valence-corrected chi connectivity index (χ4v) is 2.22. The molecule has 0 unspecified atom stereocenters. The molecule has 2 aromatic rings. The number of aromatic nitrogens is 1. The van der Waals surface area contributed by atoms with Gasteiger partial charge in [-0.15, -0.1) is 0 Å². The minimum absolute atomic E-state index is 0.123. The Bertz CT molecular complexity index is 546. The van der Waals surface area contributed by atoms with E-state index in [-0.39, 0.29) is 6.61 Å². The number of aliphatic hydroxyl groups is 1. The molecule has 4 N–H and O–H groups in total. The van der Waals surface area contributed by atoms with Crippen LogP contribution in [0, 0.1) is 0 Å². The van der Waals surface area contributed by atoms with Crippen LogP contribution in [0.3, 0.4) is 0 Å². The zero-order chi connectivity index (χ0) is 13.1. The Morgan fingerprint density at radius 3 is 2.72 bits per heavy atom. The largest absolute Gasteiger partial charge is 0.399 e. The lowest BCUT2D eigenvalue weighted by atomic mass is 9.97. The predicted molar refractivity (Wildman–Crippen MR) is 75.6 cm³/mol. The summed E-state index contributed by atoms with van der Waals surface area (Å²) in [4.78, 5) is 0. The Hall–Kier alpha value is -1.94. The van der Waals surface area contributed by atoms with Crippen LogP contribution in [0.1, 0.15) is 5.56 Å². The monoisotopic (exact) mass is 245 g/mol. The van der Waals surface area contributed by atoms with Crippen molar-refractivity contribution in [3.63, 3.8) is 0 Å². The summed E-state index contributed by atoms with van der Waals surface area (Å²) in [6, 6.07) is 5.91. The van der Waals surface area contributed by atoms with Crippen LogP contribution < -0.4 is 11.1 Å². The highest BCUT2D eigenvalue weighted by molar-refractivity contribution is 5.78. The second-order valence-corrected chi connectivity index (χ2v) is 4.38. The van der Waals surface area contributed by atoms with Crippen LogP contribution in [0.4, 0.5) is 11.4 Å². The summed E-state index contributed by atoms with van der Waals surface area (Å²) in [5, 5.41) is 12.4. The molecule has 0 fully saturated rings. The molecule has 4 heteroatoms. The van der Waals surface area contributed by atoms with Gasteiger partial charge in [-0.05, 0) is 41.3 Å². The van der Waals surface area contributed by atoms with E-state index >= 15 is 0 Å². The molecular weight excluding hydrogens is 226 g/mol. The van der Waals surface area contributed by atoms with E-state index in [1.54, 1.807) is 0 Å². The SMILES string of the molecule is CNc1cc(N)cc(-c2ccn(C)c2)c1CCO. The Labute approximate surface area is 107 Å². The molecule has 0 amide bonds. The molecule has 1 aromatic carbocycles. The third-order valence-electron chi connectivity index (χ3n) is 3.05. The summed E-state index contributed by atoms with van der Waals surface area (Å²) in [5.74, 6) is 0. The summed E-state index contributed by atoms with van der Waals surface area (Å²) in [7, 11) is 3.85. The van der Waals surface area contributed by atoms with E-state index in [0.717, 1.165) is 28.1 Å². The number of nitrogens with one attached hydrogen (secondary N) is 1. The molecule has 0 radical (unpaired) electrons. The van der Waals surface area contributed by atoms with Crippen molar-refractivity contribution in [2.45, 2.75) is 6.42 Å². The predicted octanol–water partition coefficient (Wildman–Crippen LogP) is 1.85. The number of hydrogen-bond acceptors (Lipinski definition) is 3. The first-order chi connectivity index (χ1) is 8.65. The summed E-state index contributed by atoms with van der Waals surface area (Å²) in [6.45, 7) is 0.123. The number of nitrogens with two attached hydrogens (primary N) is 1. The van der Waals surface area contributed by atoms with Gasteiger partial charge in [0.05, 0.1) is 0 Å². The Morgan fingerprint density at radius 2 is 2.17 bits per heavy atom. The van der Waals surface area contributed by atoms with Crippen LogP contribution in [0.2, 0.25) is 0 Å². The standard InChI is InChI=1S/C14H19N3O/c1-16-14-8-11(15)7-13(12(14)4-6-18)10-3-5-17(2)9-10/h3,5,7-9,16,18H,4,6,15H2,1-2H3. The highest BCUT2D eigenvalue weighted by Crippen LogP contribution is 2.32. The van der Waals surface area contributed by atoms with Gasteiger partial charge >= 0.3 is 0 Å². The quantitative estimate of drug-likeness (QED) is 0.720. The molecule has 0 saturated heterocycles. The van der Waals surface area contributed by atoms with Crippen molar-refractivity contribution in [1.82, 2.24) is 4.57 Å². The maximum atomic E-state index is 9.22. The highest BCUT2D eigenvalue weighted by atomic mass is 16.2. The molecular formula is C14H19N3O. The maximum Gasteiger partial charge on any atom is 0.0472 e. The van der Waals surface area contributed by atoms with Crippen molar-refractivity contribution in [2.24, 2.45) is 7.05 Å². The van der Waals surface area contributed by atoms with Crippen LogP contribution in [-0.2, 0) is 13.5 Å². The molecule has 18 heavy (non-hydrogen) atoms. The van der Waals surface area contributed by atoms with E-state index in [1.807, 2.05) is 37.0 Å². The van der Waals surface area contributed by atoms with Gasteiger partial charge in [-0.25, -0.2) is 0 Å². The molecule has 2 rings (SSSR count). The number of anilines is 2. The van der Waals surface area contributed by atoms with Gasteiger partial charge in [0.2, 0.25) is 0 Å². The Morgan fingerprint density at radius 1 is 1.39 bits per heavy atom. The molecule has 1 aromatic heterocycles. The van der Waals surface area contributed by atoms with E-state index in [2.05, 4.69) is 17.6 Å². The first-order valence-electron chi connectivity index (χ1n) is 5.99. The van der Waals surface area contributed by atoms with Crippen molar-refractivity contribution in [3.05, 3.63) is 36.2 Å². The van der Waals surface area contributed by atoms with Gasteiger partial charge in [-0.1, -0.05) is 0 Å². The number of aliphatic hydroxyl groups excluding tert-OH is 1. The first-order valence-corrected chi connectivity index (χ1v) is 5.99. The van der Waals surface area contributed by atoms with Gasteiger partial charge in [0.15, 0.2) is 0 Å². The van der Waals surface area contributed by atoms with Crippen molar-refractivity contribution < 1.29 is 5.11 Å². The zero-order valence-electron chi connectivity index (χ0n) is 10.8. The van der Waals surface area contributed by atoms with E-state index in [4.69, 9.17) is 5.73 Å². The van der Waals surface area contributed by atoms with Gasteiger partial charge in [0.1, 0.15) is 0 Å². The van der Waals surface area contributed by atoms with Crippen LogP contribution in [0.25, 0.3) is 11.1 Å². The van der Waals surface area contributed by atoms with Crippen molar-refractivity contribution in [3.8, 4) is 11.1 Å². The molecule has 0 saturated carbocycles. The molecule has 0 bridgehead atoms. The smallest absolute Gasteiger partial charge is 0.0472 e. The van der Waals surface area contributed by atoms with Gasteiger partial charge in [-0.2, -0.15) is 0 Å². The minimum Gasteiger partial charge on any atom is -0.399 e. The molecule has 4 nitrogen and oxygen atoms in total. The van der Waals surface area contributed by atoms with Gasteiger partial charge in [0, 0.05) is 44.5 Å². The normalized spacial score (nSPS) is 10.6. The number of nitrogen functional groups attached to an aromatic ring is 1. The van der Waals surface area contributed by atoms with Crippen molar-refractivity contribution in [2.75, 3.05) is 24.7 Å². The second kappa shape index (κ2) is 5.14. The van der Waals surface area contributed by atoms with Crippen LogP contribution >= 0.6 is 0 Å². The van der Waals surface area contributed by atoms with Crippen LogP contribution in [0.15, 0.2) is 30.6 Å². The number of aryl methyl sites for hydroxylation is 1. The fourth-order valence-electron chi connectivity index (χ4n) is 2.22. The first kappa shape index (κ1) is 12.5. The third-order valence-corrected chi connectivity index (χ3v) is 3.05. The van der Waals surface area contributed by atoms with E-state index < -0.39 is 0 Å². The average molecular weight is 245 g/mol. The van der Waals surface area contributed by atoms with Crippen molar-refractivity contribution in [1.29, 1.82) is 0 Å². The zero-order valence-corrected chi connectivity index (χ0v) is 10.8.